The van der Waals surface area contributed by atoms with E-state index in [4.69, 9.17) is 5.26 Å². The largest absolute Gasteiger partial charge is 0.313 e. The minimum Gasteiger partial charge on any atom is -0.313 e. The van der Waals surface area contributed by atoms with Gasteiger partial charge in [-0.05, 0) is 29.7 Å². The van der Waals surface area contributed by atoms with Crippen molar-refractivity contribution in [3.8, 4) is 6.07 Å². The van der Waals surface area contributed by atoms with Gasteiger partial charge in [-0.15, -0.1) is 0 Å². The summed E-state index contributed by atoms with van der Waals surface area (Å²) in [4.78, 5) is 11.8. The first-order chi connectivity index (χ1) is 8.20. The van der Waals surface area contributed by atoms with Gasteiger partial charge in [0.1, 0.15) is 0 Å². The Kier molecular flexibility index (Phi) is 2.97. The molecule has 0 saturated carbocycles. The fourth-order valence-electron chi connectivity index (χ4n) is 2.37. The number of nitrogens with zero attached hydrogens (tertiary/aromatic N) is 2. The van der Waals surface area contributed by atoms with E-state index in [1.165, 1.54) is 0 Å². The Balaban J connectivity index is 2.87. The summed E-state index contributed by atoms with van der Waals surface area (Å²) in [6.07, 6.45) is 3.00. The number of Topliss-reactive ketones (excluding diaryl/α,β-unsaturated/α-hetero) is 1. The zero-order valence-corrected chi connectivity index (χ0v) is 10.0. The summed E-state index contributed by atoms with van der Waals surface area (Å²) in [5, 5.41) is 8.90. The summed E-state index contributed by atoms with van der Waals surface area (Å²) in [5.41, 5.74) is 3.68. The highest BCUT2D eigenvalue weighted by Gasteiger charge is 2.18. The van der Waals surface area contributed by atoms with E-state index in [9.17, 15) is 4.79 Å². The minimum atomic E-state index is 0.0484. The van der Waals surface area contributed by atoms with Crippen LogP contribution in [0, 0.1) is 11.3 Å². The lowest BCUT2D eigenvalue weighted by Gasteiger charge is -2.00. The predicted octanol–water partition coefficient (Wildman–Crippen LogP) is 2.77. The summed E-state index contributed by atoms with van der Waals surface area (Å²) in [6.45, 7) is 3.59. The molecule has 2 rings (SSSR count). The van der Waals surface area contributed by atoms with E-state index in [0.29, 0.717) is 12.1 Å². The molecule has 86 valence electrons. The number of nitriles is 1. The second-order valence-electron chi connectivity index (χ2n) is 4.01. The molecular formula is C14H14N2O. The Morgan fingerprint density at radius 2 is 2.18 bits per heavy atom. The number of hydrogen-bond acceptors (Lipinski definition) is 2. The van der Waals surface area contributed by atoms with Crippen molar-refractivity contribution in [2.24, 2.45) is 0 Å². The standard InChI is InChI=1S/C14H14N2O/c1-3-11-12(7-8-15)13-6-4-5-9-16(13)14(11)10(2)17/h4-6,9H,3,7H2,1-2H3. The van der Waals surface area contributed by atoms with E-state index in [-0.39, 0.29) is 5.78 Å². The molecule has 0 aliphatic rings. The van der Waals surface area contributed by atoms with Crippen LogP contribution >= 0.6 is 0 Å². The average molecular weight is 226 g/mol. The lowest BCUT2D eigenvalue weighted by molar-refractivity contribution is 0.101. The van der Waals surface area contributed by atoms with Crippen LogP contribution in [0.1, 0.15) is 35.5 Å². The molecule has 0 N–H and O–H groups in total. The zero-order valence-electron chi connectivity index (χ0n) is 10.0. The Labute approximate surface area is 100 Å². The second kappa shape index (κ2) is 4.42. The summed E-state index contributed by atoms with van der Waals surface area (Å²) in [7, 11) is 0. The molecule has 3 nitrogen and oxygen atoms in total. The quantitative estimate of drug-likeness (QED) is 0.755. The Morgan fingerprint density at radius 1 is 1.41 bits per heavy atom. The highest BCUT2D eigenvalue weighted by Crippen LogP contribution is 2.25. The van der Waals surface area contributed by atoms with E-state index in [1.807, 2.05) is 35.7 Å². The molecule has 3 heteroatoms. The van der Waals surface area contributed by atoms with Gasteiger partial charge in [0.15, 0.2) is 5.78 Å². The number of ketones is 1. The maximum absolute atomic E-state index is 11.8. The molecule has 0 saturated heterocycles. The number of rotatable bonds is 3. The molecule has 0 bridgehead atoms. The molecule has 0 unspecified atom stereocenters. The van der Waals surface area contributed by atoms with E-state index >= 15 is 0 Å². The Hall–Kier alpha value is -2.08. The lowest BCUT2D eigenvalue weighted by atomic mass is 10.0. The van der Waals surface area contributed by atoms with Crippen LogP contribution < -0.4 is 0 Å². The molecule has 2 aromatic rings. The molecule has 0 aromatic carbocycles. The smallest absolute Gasteiger partial charge is 0.176 e. The summed E-state index contributed by atoms with van der Waals surface area (Å²) in [5.74, 6) is 0.0484. The van der Waals surface area contributed by atoms with Crippen molar-refractivity contribution in [1.29, 1.82) is 5.26 Å². The van der Waals surface area contributed by atoms with Gasteiger partial charge >= 0.3 is 0 Å². The molecule has 0 fully saturated rings. The van der Waals surface area contributed by atoms with Gasteiger partial charge < -0.3 is 4.40 Å². The van der Waals surface area contributed by atoms with E-state index < -0.39 is 0 Å². The van der Waals surface area contributed by atoms with Crippen molar-refractivity contribution >= 4 is 11.3 Å². The topological polar surface area (TPSA) is 45.3 Å². The zero-order chi connectivity index (χ0) is 12.4. The summed E-state index contributed by atoms with van der Waals surface area (Å²) < 4.78 is 1.90. The van der Waals surface area contributed by atoms with Gasteiger partial charge in [0, 0.05) is 13.1 Å². The van der Waals surface area contributed by atoms with Crippen LogP contribution in [0.4, 0.5) is 0 Å². The first-order valence-corrected chi connectivity index (χ1v) is 5.69. The van der Waals surface area contributed by atoms with Crippen molar-refractivity contribution in [3.05, 3.63) is 41.2 Å². The number of hydrogen-bond donors (Lipinski definition) is 0. The van der Waals surface area contributed by atoms with Crippen LogP contribution in [-0.4, -0.2) is 10.2 Å². The Morgan fingerprint density at radius 3 is 2.76 bits per heavy atom. The summed E-state index contributed by atoms with van der Waals surface area (Å²) >= 11 is 0. The number of carbonyl (C=O) groups excluding carboxylic acids is 1. The molecule has 2 heterocycles. The minimum absolute atomic E-state index is 0.0484. The monoisotopic (exact) mass is 226 g/mol. The first kappa shape index (κ1) is 11.4. The third-order valence-electron chi connectivity index (χ3n) is 3.00. The molecule has 0 spiro atoms. The van der Waals surface area contributed by atoms with Gasteiger partial charge in [-0.3, -0.25) is 4.79 Å². The molecule has 0 radical (unpaired) electrons. The van der Waals surface area contributed by atoms with Crippen LogP contribution in [-0.2, 0) is 12.8 Å². The average Bonchev–Trinajstić information content (AvgIpc) is 2.64. The van der Waals surface area contributed by atoms with Gasteiger partial charge in [-0.1, -0.05) is 13.0 Å². The lowest BCUT2D eigenvalue weighted by Crippen LogP contribution is -2.01. The molecule has 2 aromatic heterocycles. The first-order valence-electron chi connectivity index (χ1n) is 5.69. The normalized spacial score (nSPS) is 10.4. The highest BCUT2D eigenvalue weighted by molar-refractivity contribution is 5.96. The van der Waals surface area contributed by atoms with Crippen molar-refractivity contribution in [3.63, 3.8) is 0 Å². The van der Waals surface area contributed by atoms with E-state index in [2.05, 4.69) is 6.07 Å². The van der Waals surface area contributed by atoms with Crippen molar-refractivity contribution < 1.29 is 4.79 Å². The molecular weight excluding hydrogens is 212 g/mol. The molecule has 17 heavy (non-hydrogen) atoms. The number of carbonyl (C=O) groups is 1. The van der Waals surface area contributed by atoms with E-state index in [1.54, 1.807) is 6.92 Å². The number of pyridine rings is 1. The third kappa shape index (κ3) is 1.72. The molecule has 0 aliphatic carbocycles. The van der Waals surface area contributed by atoms with Crippen molar-refractivity contribution in [2.75, 3.05) is 0 Å². The van der Waals surface area contributed by atoms with E-state index in [0.717, 1.165) is 23.1 Å². The molecule has 0 amide bonds. The summed E-state index contributed by atoms with van der Waals surface area (Å²) in [6, 6.07) is 7.96. The van der Waals surface area contributed by atoms with Crippen LogP contribution in [0.5, 0.6) is 0 Å². The van der Waals surface area contributed by atoms with Gasteiger partial charge in [0.2, 0.25) is 0 Å². The number of fused-ring (bicyclic) bond motifs is 1. The second-order valence-corrected chi connectivity index (χ2v) is 4.01. The van der Waals surface area contributed by atoms with Crippen LogP contribution in [0.3, 0.4) is 0 Å². The number of aromatic nitrogens is 1. The third-order valence-corrected chi connectivity index (χ3v) is 3.00. The van der Waals surface area contributed by atoms with Gasteiger partial charge in [0.05, 0.1) is 23.7 Å². The fraction of sp³-hybridized carbons (Fsp3) is 0.286. The fourth-order valence-corrected chi connectivity index (χ4v) is 2.37. The van der Waals surface area contributed by atoms with Gasteiger partial charge in [0.25, 0.3) is 0 Å². The SMILES string of the molecule is CCc1c(CC#N)c2ccccn2c1C(C)=O. The van der Waals surface area contributed by atoms with Gasteiger partial charge in [-0.2, -0.15) is 5.26 Å². The van der Waals surface area contributed by atoms with Gasteiger partial charge in [-0.25, -0.2) is 0 Å². The maximum atomic E-state index is 11.8. The maximum Gasteiger partial charge on any atom is 0.176 e. The van der Waals surface area contributed by atoms with Crippen molar-refractivity contribution in [2.45, 2.75) is 26.7 Å². The highest BCUT2D eigenvalue weighted by atomic mass is 16.1. The van der Waals surface area contributed by atoms with Crippen molar-refractivity contribution in [1.82, 2.24) is 4.40 Å². The van der Waals surface area contributed by atoms with Crippen LogP contribution in [0.2, 0.25) is 0 Å². The Bertz CT molecular complexity index is 617. The molecule has 0 atom stereocenters. The van der Waals surface area contributed by atoms with Crippen LogP contribution in [0.15, 0.2) is 24.4 Å². The predicted molar refractivity (Wildman–Crippen MR) is 66.1 cm³/mol. The molecule has 0 aliphatic heterocycles. The van der Waals surface area contributed by atoms with Crippen LogP contribution in [0.25, 0.3) is 5.52 Å².